The van der Waals surface area contributed by atoms with E-state index in [9.17, 15) is 9.18 Å². The molecule has 0 spiro atoms. The molecule has 1 N–H and O–H groups in total. The highest BCUT2D eigenvalue weighted by atomic mass is 19.1. The Bertz CT molecular complexity index is 1320. The monoisotopic (exact) mass is 487 g/mol. The molecule has 0 aliphatic carbocycles. The second-order valence-corrected chi connectivity index (χ2v) is 9.17. The van der Waals surface area contributed by atoms with Crippen molar-refractivity contribution in [3.63, 3.8) is 0 Å². The number of fused-ring (bicyclic) bond motifs is 1. The van der Waals surface area contributed by atoms with E-state index < -0.39 is 6.17 Å². The topological polar surface area (TPSA) is 71.8 Å². The van der Waals surface area contributed by atoms with Crippen molar-refractivity contribution in [3.8, 4) is 5.75 Å². The molecule has 1 amide bonds. The average Bonchev–Trinajstić information content (AvgIpc) is 3.46. The van der Waals surface area contributed by atoms with Crippen LogP contribution in [-0.4, -0.2) is 51.0 Å². The Balaban J connectivity index is 1.18. The maximum atomic E-state index is 13.4. The number of aromatic nitrogens is 3. The van der Waals surface area contributed by atoms with Crippen LogP contribution < -0.4 is 10.1 Å². The maximum absolute atomic E-state index is 13.4. The van der Waals surface area contributed by atoms with Gasteiger partial charge in [0.1, 0.15) is 24.2 Å². The van der Waals surface area contributed by atoms with Gasteiger partial charge in [-0.05, 0) is 81.3 Å². The Morgan fingerprint density at radius 2 is 2.03 bits per heavy atom. The number of benzene rings is 1. The average molecular weight is 488 g/mol. The number of amides is 1. The van der Waals surface area contributed by atoms with Crippen molar-refractivity contribution in [1.82, 2.24) is 19.3 Å². The van der Waals surface area contributed by atoms with Gasteiger partial charge in [0.25, 0.3) is 5.91 Å². The molecule has 0 saturated carbocycles. The van der Waals surface area contributed by atoms with E-state index in [-0.39, 0.29) is 5.91 Å². The van der Waals surface area contributed by atoms with Crippen molar-refractivity contribution in [1.29, 1.82) is 0 Å². The first-order chi connectivity index (χ1) is 17.5. The van der Waals surface area contributed by atoms with E-state index in [1.54, 1.807) is 30.5 Å². The summed E-state index contributed by atoms with van der Waals surface area (Å²) >= 11 is 0. The van der Waals surface area contributed by atoms with E-state index in [1.165, 1.54) is 0 Å². The number of carbonyl (C=O) groups is 1. The van der Waals surface area contributed by atoms with Gasteiger partial charge < -0.3 is 19.4 Å². The number of pyridine rings is 2. The number of ether oxygens (including phenoxy) is 1. The lowest BCUT2D eigenvalue weighted by Gasteiger charge is -2.13. The summed E-state index contributed by atoms with van der Waals surface area (Å²) in [7, 11) is 0. The fourth-order valence-electron chi connectivity index (χ4n) is 4.53. The van der Waals surface area contributed by atoms with Crippen LogP contribution in [0.15, 0.2) is 67.0 Å². The normalized spacial score (nSPS) is 15.9. The summed E-state index contributed by atoms with van der Waals surface area (Å²) in [6, 6.07) is 16.5. The van der Waals surface area contributed by atoms with Crippen molar-refractivity contribution in [2.24, 2.45) is 0 Å². The number of nitrogens with one attached hydrogen (secondary N) is 1. The molecule has 8 heteroatoms. The summed E-state index contributed by atoms with van der Waals surface area (Å²) in [6.07, 6.45) is 5.39. The first-order valence-corrected chi connectivity index (χ1v) is 12.3. The first-order valence-electron chi connectivity index (χ1n) is 12.3. The van der Waals surface area contributed by atoms with Crippen LogP contribution >= 0.6 is 0 Å². The third kappa shape index (κ3) is 5.71. The van der Waals surface area contributed by atoms with E-state index in [1.807, 2.05) is 47.9 Å². The number of halogens is 1. The molecule has 0 radical (unpaired) electrons. The van der Waals surface area contributed by atoms with Crippen LogP contribution in [0.2, 0.25) is 0 Å². The standard InChI is InChI=1S/C28H30FN5O2/c1-20-26(6-4-15-33-16-13-22(29)17-33)32-27-12-9-23(18-34(20)27)31-28(35)21-7-10-25(11-8-21)36-19-24-5-2-3-14-30-24/h2-3,5,7-12,14,18,22H,4,6,13,15-17,19H2,1H3,(H,31,35)/t22-/m0/s1. The lowest BCUT2D eigenvalue weighted by molar-refractivity contribution is 0.102. The van der Waals surface area contributed by atoms with Gasteiger partial charge in [-0.1, -0.05) is 6.07 Å². The zero-order valence-corrected chi connectivity index (χ0v) is 20.4. The van der Waals surface area contributed by atoms with Gasteiger partial charge in [-0.3, -0.25) is 9.78 Å². The maximum Gasteiger partial charge on any atom is 0.255 e. The number of alkyl halides is 1. The Morgan fingerprint density at radius 1 is 1.17 bits per heavy atom. The minimum atomic E-state index is -0.681. The summed E-state index contributed by atoms with van der Waals surface area (Å²) < 4.78 is 21.1. The van der Waals surface area contributed by atoms with Crippen molar-refractivity contribution in [2.45, 2.75) is 39.0 Å². The zero-order chi connectivity index (χ0) is 24.9. The van der Waals surface area contributed by atoms with Gasteiger partial charge in [-0.25, -0.2) is 9.37 Å². The Kier molecular flexibility index (Phi) is 7.23. The van der Waals surface area contributed by atoms with Gasteiger partial charge in [0, 0.05) is 36.7 Å². The van der Waals surface area contributed by atoms with E-state index in [2.05, 4.69) is 15.2 Å². The predicted molar refractivity (Wildman–Crippen MR) is 137 cm³/mol. The molecule has 1 aromatic carbocycles. The van der Waals surface area contributed by atoms with E-state index in [0.717, 1.165) is 48.7 Å². The summed E-state index contributed by atoms with van der Waals surface area (Å²) in [6.45, 7) is 4.69. The van der Waals surface area contributed by atoms with Crippen LogP contribution in [0.25, 0.3) is 5.65 Å². The lowest BCUT2D eigenvalue weighted by Crippen LogP contribution is -2.22. The highest BCUT2D eigenvalue weighted by Gasteiger charge is 2.21. The molecule has 5 rings (SSSR count). The second kappa shape index (κ2) is 10.9. The Hall–Kier alpha value is -3.78. The van der Waals surface area contributed by atoms with Gasteiger partial charge in [0.2, 0.25) is 0 Å². The summed E-state index contributed by atoms with van der Waals surface area (Å²) in [5, 5.41) is 2.97. The molecule has 1 aliphatic heterocycles. The Morgan fingerprint density at radius 3 is 2.78 bits per heavy atom. The number of hydrogen-bond donors (Lipinski definition) is 1. The van der Waals surface area contributed by atoms with Crippen molar-refractivity contribution >= 4 is 17.2 Å². The third-order valence-electron chi connectivity index (χ3n) is 6.55. The molecule has 1 aliphatic rings. The van der Waals surface area contributed by atoms with Gasteiger partial charge in [-0.15, -0.1) is 0 Å². The molecule has 1 atom stereocenters. The minimum absolute atomic E-state index is 0.194. The van der Waals surface area contributed by atoms with Gasteiger partial charge in [0.15, 0.2) is 0 Å². The minimum Gasteiger partial charge on any atom is -0.487 e. The van der Waals surface area contributed by atoms with Gasteiger partial charge in [0.05, 0.1) is 17.1 Å². The predicted octanol–water partition coefficient (Wildman–Crippen LogP) is 4.85. The van der Waals surface area contributed by atoms with E-state index >= 15 is 0 Å². The fourth-order valence-corrected chi connectivity index (χ4v) is 4.53. The van der Waals surface area contributed by atoms with Crippen LogP contribution in [-0.2, 0) is 13.0 Å². The number of likely N-dealkylation sites (tertiary alicyclic amines) is 1. The molecule has 7 nitrogen and oxygen atoms in total. The van der Waals surface area contributed by atoms with Crippen LogP contribution in [0.4, 0.5) is 10.1 Å². The smallest absolute Gasteiger partial charge is 0.255 e. The summed E-state index contributed by atoms with van der Waals surface area (Å²) in [5.41, 5.74) is 5.02. The number of carbonyl (C=O) groups excluding carboxylic acids is 1. The molecule has 186 valence electrons. The summed E-state index contributed by atoms with van der Waals surface area (Å²) in [5.74, 6) is 0.481. The highest BCUT2D eigenvalue weighted by Crippen LogP contribution is 2.20. The van der Waals surface area contributed by atoms with Crippen molar-refractivity contribution < 1.29 is 13.9 Å². The number of imidazole rings is 1. The van der Waals surface area contributed by atoms with Crippen LogP contribution in [0.1, 0.15) is 40.3 Å². The third-order valence-corrected chi connectivity index (χ3v) is 6.55. The number of hydrogen-bond acceptors (Lipinski definition) is 5. The molecule has 1 saturated heterocycles. The fraction of sp³-hybridized carbons (Fsp3) is 0.321. The Labute approximate surface area is 209 Å². The number of nitrogens with zero attached hydrogens (tertiary/aromatic N) is 4. The van der Waals surface area contributed by atoms with E-state index in [4.69, 9.17) is 9.72 Å². The number of aryl methyl sites for hydroxylation is 2. The molecule has 4 aromatic rings. The van der Waals surface area contributed by atoms with Crippen molar-refractivity contribution in [2.75, 3.05) is 25.0 Å². The van der Waals surface area contributed by atoms with E-state index in [0.29, 0.717) is 36.6 Å². The SMILES string of the molecule is Cc1c(CCCN2CC[C@H](F)C2)nc2ccc(NC(=O)c3ccc(OCc4ccccn4)cc3)cn12. The number of anilines is 1. The van der Waals surface area contributed by atoms with Crippen LogP contribution in [0.5, 0.6) is 5.75 Å². The lowest BCUT2D eigenvalue weighted by atomic mass is 10.2. The molecule has 0 unspecified atom stereocenters. The molecule has 36 heavy (non-hydrogen) atoms. The second-order valence-electron chi connectivity index (χ2n) is 9.17. The zero-order valence-electron chi connectivity index (χ0n) is 20.4. The molecule has 0 bridgehead atoms. The summed E-state index contributed by atoms with van der Waals surface area (Å²) in [4.78, 5) is 24.0. The first kappa shape index (κ1) is 23.9. The van der Waals surface area contributed by atoms with Crippen LogP contribution in [0.3, 0.4) is 0 Å². The van der Waals surface area contributed by atoms with Gasteiger partial charge >= 0.3 is 0 Å². The molecular weight excluding hydrogens is 457 g/mol. The quantitative estimate of drug-likeness (QED) is 0.366. The largest absolute Gasteiger partial charge is 0.487 e. The van der Waals surface area contributed by atoms with Crippen molar-refractivity contribution in [3.05, 3.63) is 89.6 Å². The highest BCUT2D eigenvalue weighted by molar-refractivity contribution is 6.04. The molecule has 1 fully saturated rings. The number of rotatable bonds is 9. The van der Waals surface area contributed by atoms with Crippen LogP contribution in [0, 0.1) is 6.92 Å². The molecule has 4 heterocycles. The molecule has 3 aromatic heterocycles. The van der Waals surface area contributed by atoms with Gasteiger partial charge in [-0.2, -0.15) is 0 Å². The molecular formula is C28H30FN5O2.